The molecule has 6 nitrogen and oxygen atoms in total. The number of aliphatic hydroxyl groups excluding tert-OH is 3. The van der Waals surface area contributed by atoms with Gasteiger partial charge in [0.2, 0.25) is 0 Å². The molecule has 0 aromatic heterocycles. The third-order valence-corrected chi connectivity index (χ3v) is 11.6. The van der Waals surface area contributed by atoms with E-state index in [2.05, 4.69) is 13.8 Å². The Hall–Kier alpha value is -0.530. The highest BCUT2D eigenvalue weighted by molar-refractivity contribution is 5.83. The molecule has 4 aliphatic carbocycles. The maximum absolute atomic E-state index is 13.4. The highest BCUT2D eigenvalue weighted by atomic mass is 16.3. The minimum absolute atomic E-state index is 0.0182. The van der Waals surface area contributed by atoms with Crippen molar-refractivity contribution in [2.75, 3.05) is 0 Å². The van der Waals surface area contributed by atoms with Crippen molar-refractivity contribution in [3.63, 3.8) is 0 Å². The largest absolute Gasteiger partial charge is 0.393 e. The number of ketones is 1. The molecule has 0 bridgehead atoms. The molecule has 196 valence electrons. The minimum atomic E-state index is -1.45. The molecular weight excluding hydrogens is 432 g/mol. The average molecular weight is 481 g/mol. The number of aliphatic hydroxyl groups is 5. The first kappa shape index (κ1) is 26.5. The van der Waals surface area contributed by atoms with E-state index >= 15 is 0 Å². The summed E-state index contributed by atoms with van der Waals surface area (Å²) in [6.07, 6.45) is 2.22. The van der Waals surface area contributed by atoms with E-state index in [-0.39, 0.29) is 53.1 Å². The second-order valence-electron chi connectivity index (χ2n) is 13.7. The normalized spacial score (nSPS) is 50.2. The molecule has 4 aliphatic rings. The molecule has 34 heavy (non-hydrogen) atoms. The average Bonchev–Trinajstić information content (AvgIpc) is 3.02. The van der Waals surface area contributed by atoms with Gasteiger partial charge in [0.05, 0.1) is 29.5 Å². The molecule has 12 atom stereocenters. The topological polar surface area (TPSA) is 118 Å². The van der Waals surface area contributed by atoms with E-state index in [0.29, 0.717) is 25.7 Å². The summed E-state index contributed by atoms with van der Waals surface area (Å²) in [4.78, 5) is 13.4. The minimum Gasteiger partial charge on any atom is -0.393 e. The maximum Gasteiger partial charge on any atom is 0.137 e. The van der Waals surface area contributed by atoms with Crippen LogP contribution >= 0.6 is 0 Å². The van der Waals surface area contributed by atoms with Gasteiger partial charge in [-0.05, 0) is 80.5 Å². The summed E-state index contributed by atoms with van der Waals surface area (Å²) in [6.45, 7) is 11.8. The molecule has 4 fully saturated rings. The van der Waals surface area contributed by atoms with Gasteiger partial charge in [0.1, 0.15) is 5.78 Å². The fourth-order valence-electron chi connectivity index (χ4n) is 9.25. The Balaban J connectivity index is 1.63. The Morgan fingerprint density at radius 1 is 1.12 bits per heavy atom. The van der Waals surface area contributed by atoms with Gasteiger partial charge in [-0.25, -0.2) is 0 Å². The van der Waals surface area contributed by atoms with Gasteiger partial charge < -0.3 is 25.5 Å². The Labute approximate surface area is 205 Å². The second-order valence-corrected chi connectivity index (χ2v) is 13.7. The third-order valence-electron chi connectivity index (χ3n) is 11.6. The molecule has 6 heteroatoms. The number of hydrogen-bond donors (Lipinski definition) is 5. The predicted molar refractivity (Wildman–Crippen MR) is 130 cm³/mol. The zero-order valence-corrected chi connectivity index (χ0v) is 22.0. The first-order valence-corrected chi connectivity index (χ1v) is 13.6. The van der Waals surface area contributed by atoms with Crippen molar-refractivity contribution in [3.8, 4) is 0 Å². The van der Waals surface area contributed by atoms with Gasteiger partial charge >= 0.3 is 0 Å². The Morgan fingerprint density at radius 3 is 2.38 bits per heavy atom. The molecule has 0 unspecified atom stereocenters. The van der Waals surface area contributed by atoms with Crippen LogP contribution in [0.5, 0.6) is 0 Å². The summed E-state index contributed by atoms with van der Waals surface area (Å²) >= 11 is 0. The molecule has 0 aromatic carbocycles. The fourth-order valence-corrected chi connectivity index (χ4v) is 9.25. The van der Waals surface area contributed by atoms with Crippen LogP contribution in [0, 0.1) is 46.3 Å². The number of hydrogen-bond acceptors (Lipinski definition) is 6. The molecule has 0 spiro atoms. The molecule has 0 heterocycles. The van der Waals surface area contributed by atoms with Crippen LogP contribution in [0.25, 0.3) is 0 Å². The zero-order valence-electron chi connectivity index (χ0n) is 22.0. The first-order chi connectivity index (χ1) is 15.6. The van der Waals surface area contributed by atoms with Gasteiger partial charge in [0.25, 0.3) is 0 Å². The Kier molecular flexibility index (Phi) is 6.64. The second kappa shape index (κ2) is 8.51. The number of Topliss-reactive ketones (excluding diaryl/α,β-unsaturated/α-hetero) is 1. The Bertz CT molecular complexity index is 796. The van der Waals surface area contributed by atoms with Crippen LogP contribution in [-0.2, 0) is 4.79 Å². The van der Waals surface area contributed by atoms with Gasteiger partial charge in [0.15, 0.2) is 0 Å². The first-order valence-electron chi connectivity index (χ1n) is 13.6. The number of carbonyl (C=O) groups excluding carboxylic acids is 1. The van der Waals surface area contributed by atoms with Crippen molar-refractivity contribution < 1.29 is 30.3 Å². The van der Waals surface area contributed by atoms with Crippen molar-refractivity contribution in [1.82, 2.24) is 0 Å². The lowest BCUT2D eigenvalue weighted by molar-refractivity contribution is -0.230. The molecule has 0 radical (unpaired) electrons. The van der Waals surface area contributed by atoms with Gasteiger partial charge in [-0.15, -0.1) is 0 Å². The molecule has 0 amide bonds. The molecule has 4 saturated carbocycles. The maximum atomic E-state index is 13.4. The lowest BCUT2D eigenvalue weighted by Gasteiger charge is -2.64. The number of rotatable bonds is 5. The van der Waals surface area contributed by atoms with Crippen molar-refractivity contribution >= 4 is 5.78 Å². The van der Waals surface area contributed by atoms with Crippen LogP contribution in [0.3, 0.4) is 0 Å². The van der Waals surface area contributed by atoms with E-state index in [1.54, 1.807) is 6.92 Å². The van der Waals surface area contributed by atoms with E-state index in [1.807, 2.05) is 20.8 Å². The van der Waals surface area contributed by atoms with Gasteiger partial charge in [-0.1, -0.05) is 34.6 Å². The number of carbonyl (C=O) groups is 1. The van der Waals surface area contributed by atoms with Crippen LogP contribution in [0.1, 0.15) is 92.9 Å². The van der Waals surface area contributed by atoms with Gasteiger partial charge in [-0.2, -0.15) is 0 Å². The van der Waals surface area contributed by atoms with Crippen molar-refractivity contribution in [2.45, 2.75) is 122 Å². The van der Waals surface area contributed by atoms with Crippen molar-refractivity contribution in [1.29, 1.82) is 0 Å². The zero-order chi connectivity index (χ0) is 25.4. The highest BCUT2D eigenvalue weighted by Crippen LogP contribution is 2.70. The van der Waals surface area contributed by atoms with Crippen molar-refractivity contribution in [2.24, 2.45) is 46.3 Å². The lowest BCUT2D eigenvalue weighted by Crippen LogP contribution is -2.66. The molecule has 4 rings (SSSR count). The van der Waals surface area contributed by atoms with Crippen molar-refractivity contribution in [3.05, 3.63) is 0 Å². The summed E-state index contributed by atoms with van der Waals surface area (Å²) in [5.74, 6) is -0.143. The van der Waals surface area contributed by atoms with E-state index in [0.717, 1.165) is 19.3 Å². The molecule has 0 aliphatic heterocycles. The SMILES string of the molecule is CC(C)[C@@H](O)C[C@@H](O)[C@](C)(O)[C@H]1CC[C@@]2(O)[C@H]3CC(=O)[C@@H]4C[C@@H](O)[C@@H](C)C[C@]4(C)[C@H]3CC[C@]12C. The van der Waals surface area contributed by atoms with Crippen LogP contribution < -0.4 is 0 Å². The molecule has 0 aromatic rings. The predicted octanol–water partition coefficient (Wildman–Crippen LogP) is 3.07. The summed E-state index contributed by atoms with van der Waals surface area (Å²) in [7, 11) is 0. The summed E-state index contributed by atoms with van der Waals surface area (Å²) < 4.78 is 0. The standard InChI is InChI=1S/C28H48O6/c1-15(2)20(29)13-24(32)27(6,33)23-8-10-28(34)18-11-22(31)19-12-21(30)16(3)14-25(19,4)17(18)7-9-26(23,28)5/h15-21,23-24,29-30,32-34H,7-14H2,1-6H3/t16-,17-,18-,19-,20-,21+,23-,24+,25+,26+,27+,28+/m0/s1. The summed E-state index contributed by atoms with van der Waals surface area (Å²) in [5.41, 5.74) is -3.37. The molecule has 5 N–H and O–H groups in total. The van der Waals surface area contributed by atoms with Gasteiger partial charge in [-0.3, -0.25) is 4.79 Å². The number of fused-ring (bicyclic) bond motifs is 5. The van der Waals surface area contributed by atoms with E-state index in [9.17, 15) is 30.3 Å². The van der Waals surface area contributed by atoms with Crippen LogP contribution in [0.2, 0.25) is 0 Å². The Morgan fingerprint density at radius 2 is 1.76 bits per heavy atom. The monoisotopic (exact) mass is 480 g/mol. The summed E-state index contributed by atoms with van der Waals surface area (Å²) in [6, 6.07) is 0. The fraction of sp³-hybridized carbons (Fsp3) is 0.964. The summed E-state index contributed by atoms with van der Waals surface area (Å²) in [5, 5.41) is 55.8. The highest BCUT2D eigenvalue weighted by Gasteiger charge is 2.71. The van der Waals surface area contributed by atoms with Gasteiger partial charge in [0, 0.05) is 24.2 Å². The van der Waals surface area contributed by atoms with E-state index in [1.165, 1.54) is 0 Å². The van der Waals surface area contributed by atoms with E-state index in [4.69, 9.17) is 0 Å². The van der Waals surface area contributed by atoms with Crippen LogP contribution in [0.15, 0.2) is 0 Å². The smallest absolute Gasteiger partial charge is 0.137 e. The third kappa shape index (κ3) is 3.65. The molecule has 0 saturated heterocycles. The van der Waals surface area contributed by atoms with Crippen LogP contribution in [0.4, 0.5) is 0 Å². The van der Waals surface area contributed by atoms with Crippen LogP contribution in [-0.4, -0.2) is 60.8 Å². The van der Waals surface area contributed by atoms with E-state index < -0.39 is 34.9 Å². The quantitative estimate of drug-likeness (QED) is 0.413. The lowest BCUT2D eigenvalue weighted by atomic mass is 9.42. The molecular formula is C28H48O6.